The maximum atomic E-state index is 12.4. The fraction of sp³-hybridized carbons (Fsp3) is 0.200. The topological polar surface area (TPSA) is 98.5 Å². The standard InChI is InChI=1S/C20H19N7OS2/c1-2-7-17-23-25-19(30-17)22-16(28)13-29-20-26-24-18(14-8-6-11-21-12-14)27(20)15-9-4-3-5-10-15/h3-6,8-12H,2,7,13H2,1H3,(H,22,25,28). The molecule has 0 atom stereocenters. The molecule has 4 rings (SSSR count). The number of carbonyl (C=O) groups is 1. The van der Waals surface area contributed by atoms with E-state index in [0.717, 1.165) is 29.1 Å². The van der Waals surface area contributed by atoms with Crippen molar-refractivity contribution in [2.75, 3.05) is 11.1 Å². The highest BCUT2D eigenvalue weighted by Crippen LogP contribution is 2.27. The summed E-state index contributed by atoms with van der Waals surface area (Å²) >= 11 is 2.72. The Morgan fingerprint density at radius 2 is 1.97 bits per heavy atom. The van der Waals surface area contributed by atoms with Crippen molar-refractivity contribution in [2.24, 2.45) is 0 Å². The van der Waals surface area contributed by atoms with Gasteiger partial charge >= 0.3 is 0 Å². The molecule has 0 saturated carbocycles. The molecule has 0 aliphatic carbocycles. The van der Waals surface area contributed by atoms with Crippen molar-refractivity contribution in [2.45, 2.75) is 24.9 Å². The summed E-state index contributed by atoms with van der Waals surface area (Å²) in [6.07, 6.45) is 5.31. The molecule has 4 aromatic rings. The molecule has 0 saturated heterocycles. The van der Waals surface area contributed by atoms with E-state index in [4.69, 9.17) is 0 Å². The van der Waals surface area contributed by atoms with Gasteiger partial charge in [-0.15, -0.1) is 20.4 Å². The minimum absolute atomic E-state index is 0.162. The van der Waals surface area contributed by atoms with Gasteiger partial charge in [0, 0.05) is 30.1 Å². The van der Waals surface area contributed by atoms with Gasteiger partial charge in [0.15, 0.2) is 11.0 Å². The maximum Gasteiger partial charge on any atom is 0.236 e. The van der Waals surface area contributed by atoms with Gasteiger partial charge in [-0.3, -0.25) is 19.7 Å². The van der Waals surface area contributed by atoms with Crippen LogP contribution in [0.25, 0.3) is 17.1 Å². The summed E-state index contributed by atoms with van der Waals surface area (Å²) in [4.78, 5) is 16.6. The molecule has 0 aliphatic rings. The quantitative estimate of drug-likeness (QED) is 0.418. The molecular formula is C20H19N7OS2. The van der Waals surface area contributed by atoms with Crippen molar-refractivity contribution in [3.63, 3.8) is 0 Å². The zero-order valence-electron chi connectivity index (χ0n) is 16.2. The van der Waals surface area contributed by atoms with Crippen LogP contribution in [0, 0.1) is 0 Å². The maximum absolute atomic E-state index is 12.4. The molecule has 152 valence electrons. The van der Waals surface area contributed by atoms with Crippen molar-refractivity contribution in [3.8, 4) is 17.1 Å². The number of hydrogen-bond donors (Lipinski definition) is 1. The molecule has 0 unspecified atom stereocenters. The number of amides is 1. The second-order valence-electron chi connectivity index (χ2n) is 6.31. The minimum Gasteiger partial charge on any atom is -0.300 e. The molecule has 0 fully saturated rings. The predicted molar refractivity (Wildman–Crippen MR) is 118 cm³/mol. The second kappa shape index (κ2) is 9.59. The summed E-state index contributed by atoms with van der Waals surface area (Å²) in [7, 11) is 0. The van der Waals surface area contributed by atoms with Crippen molar-refractivity contribution < 1.29 is 4.79 Å². The molecule has 0 spiro atoms. The van der Waals surface area contributed by atoms with Crippen LogP contribution in [0.15, 0.2) is 60.0 Å². The van der Waals surface area contributed by atoms with E-state index in [1.165, 1.54) is 23.1 Å². The van der Waals surface area contributed by atoms with Crippen molar-refractivity contribution in [1.82, 2.24) is 29.9 Å². The van der Waals surface area contributed by atoms with Gasteiger partial charge in [0.25, 0.3) is 0 Å². The molecule has 1 N–H and O–H groups in total. The van der Waals surface area contributed by atoms with Crippen LogP contribution in [0.1, 0.15) is 18.4 Å². The molecule has 1 aromatic carbocycles. The first kappa shape index (κ1) is 20.2. The first-order valence-corrected chi connectivity index (χ1v) is 11.2. The summed E-state index contributed by atoms with van der Waals surface area (Å²) in [5, 5.41) is 21.6. The van der Waals surface area contributed by atoms with Crippen LogP contribution in [0.2, 0.25) is 0 Å². The van der Waals surface area contributed by atoms with E-state index in [1.807, 2.05) is 47.0 Å². The van der Waals surface area contributed by atoms with E-state index in [2.05, 4.69) is 37.6 Å². The van der Waals surface area contributed by atoms with Crippen LogP contribution in [0.5, 0.6) is 0 Å². The third kappa shape index (κ3) is 4.71. The number of thioether (sulfide) groups is 1. The average molecular weight is 438 g/mol. The van der Waals surface area contributed by atoms with Gasteiger partial charge in [-0.05, 0) is 30.7 Å². The number of anilines is 1. The number of carbonyl (C=O) groups excluding carboxylic acids is 1. The minimum atomic E-state index is -0.162. The normalized spacial score (nSPS) is 10.8. The Morgan fingerprint density at radius 3 is 2.73 bits per heavy atom. The number of rotatable bonds is 8. The Labute approximate surface area is 181 Å². The number of benzene rings is 1. The zero-order chi connectivity index (χ0) is 20.8. The van der Waals surface area contributed by atoms with Crippen molar-refractivity contribution in [3.05, 3.63) is 59.9 Å². The number of aryl methyl sites for hydroxylation is 1. The van der Waals surface area contributed by atoms with E-state index in [0.29, 0.717) is 16.1 Å². The number of aromatic nitrogens is 6. The third-order valence-corrected chi connectivity index (χ3v) is 5.90. The first-order chi connectivity index (χ1) is 14.7. The lowest BCUT2D eigenvalue weighted by Gasteiger charge is -2.10. The fourth-order valence-electron chi connectivity index (χ4n) is 2.76. The van der Waals surface area contributed by atoms with Crippen LogP contribution in [0.4, 0.5) is 5.13 Å². The molecule has 0 bridgehead atoms. The van der Waals surface area contributed by atoms with E-state index < -0.39 is 0 Å². The van der Waals surface area contributed by atoms with Crippen molar-refractivity contribution in [1.29, 1.82) is 0 Å². The molecule has 30 heavy (non-hydrogen) atoms. The molecule has 0 radical (unpaired) electrons. The summed E-state index contributed by atoms with van der Waals surface area (Å²) in [6.45, 7) is 2.08. The highest BCUT2D eigenvalue weighted by molar-refractivity contribution is 7.99. The second-order valence-corrected chi connectivity index (χ2v) is 8.31. The molecule has 0 aliphatic heterocycles. The smallest absolute Gasteiger partial charge is 0.236 e. The zero-order valence-corrected chi connectivity index (χ0v) is 17.9. The van der Waals surface area contributed by atoms with E-state index in [1.54, 1.807) is 12.4 Å². The number of para-hydroxylation sites is 1. The highest BCUT2D eigenvalue weighted by atomic mass is 32.2. The van der Waals surface area contributed by atoms with Crippen LogP contribution >= 0.6 is 23.1 Å². The Balaban J connectivity index is 1.52. The Morgan fingerprint density at radius 1 is 1.10 bits per heavy atom. The van der Waals surface area contributed by atoms with E-state index in [-0.39, 0.29) is 11.7 Å². The molecular weight excluding hydrogens is 418 g/mol. The van der Waals surface area contributed by atoms with Crippen molar-refractivity contribution >= 4 is 34.1 Å². The Kier molecular flexibility index (Phi) is 6.45. The van der Waals surface area contributed by atoms with Crippen LogP contribution in [0.3, 0.4) is 0 Å². The molecule has 1 amide bonds. The van der Waals surface area contributed by atoms with Gasteiger partial charge in [0.1, 0.15) is 5.01 Å². The van der Waals surface area contributed by atoms with E-state index >= 15 is 0 Å². The molecule has 3 heterocycles. The summed E-state index contributed by atoms with van der Waals surface area (Å²) in [6, 6.07) is 13.6. The molecule has 8 nitrogen and oxygen atoms in total. The van der Waals surface area contributed by atoms with Gasteiger partial charge in [-0.2, -0.15) is 0 Å². The van der Waals surface area contributed by atoms with Gasteiger partial charge < -0.3 is 0 Å². The van der Waals surface area contributed by atoms with E-state index in [9.17, 15) is 4.79 Å². The predicted octanol–water partition coefficient (Wildman–Crippen LogP) is 3.86. The van der Waals surface area contributed by atoms with Gasteiger partial charge in [-0.1, -0.05) is 48.2 Å². The number of hydrogen-bond acceptors (Lipinski definition) is 8. The fourth-order valence-corrected chi connectivity index (χ4v) is 4.37. The average Bonchev–Trinajstić information content (AvgIpc) is 3.40. The SMILES string of the molecule is CCCc1nnc(NC(=O)CSc2nnc(-c3cccnc3)n2-c2ccccc2)s1. The molecule has 10 heteroatoms. The van der Waals surface area contributed by atoms with Gasteiger partial charge in [0.05, 0.1) is 5.75 Å². The first-order valence-electron chi connectivity index (χ1n) is 9.41. The Bertz CT molecular complexity index is 1110. The summed E-state index contributed by atoms with van der Waals surface area (Å²) < 4.78 is 1.93. The molecule has 3 aromatic heterocycles. The lowest BCUT2D eigenvalue weighted by molar-refractivity contribution is -0.113. The van der Waals surface area contributed by atoms with Crippen LogP contribution in [-0.4, -0.2) is 41.6 Å². The number of pyridine rings is 1. The Hall–Kier alpha value is -3.11. The van der Waals surface area contributed by atoms with Crippen LogP contribution < -0.4 is 5.32 Å². The number of nitrogens with one attached hydrogen (secondary N) is 1. The largest absolute Gasteiger partial charge is 0.300 e. The lowest BCUT2D eigenvalue weighted by atomic mass is 10.2. The number of nitrogens with zero attached hydrogens (tertiary/aromatic N) is 6. The summed E-state index contributed by atoms with van der Waals surface area (Å²) in [5.41, 5.74) is 1.76. The highest BCUT2D eigenvalue weighted by Gasteiger charge is 2.18. The lowest BCUT2D eigenvalue weighted by Crippen LogP contribution is -2.14. The summed E-state index contributed by atoms with van der Waals surface area (Å²) in [5.74, 6) is 0.691. The monoisotopic (exact) mass is 437 g/mol. The van der Waals surface area contributed by atoms with Crippen LogP contribution in [-0.2, 0) is 11.2 Å². The van der Waals surface area contributed by atoms with Gasteiger partial charge in [-0.25, -0.2) is 0 Å². The van der Waals surface area contributed by atoms with Gasteiger partial charge in [0.2, 0.25) is 11.0 Å². The third-order valence-electron chi connectivity index (χ3n) is 4.08.